The second-order valence-electron chi connectivity index (χ2n) is 4.50. The summed E-state index contributed by atoms with van der Waals surface area (Å²) in [6.45, 7) is 8.07. The van der Waals surface area contributed by atoms with Crippen LogP contribution in [-0.2, 0) is 0 Å². The molecule has 0 spiro atoms. The maximum Gasteiger partial charge on any atom is 0.150 e. The van der Waals surface area contributed by atoms with Gasteiger partial charge in [0.25, 0.3) is 0 Å². The third kappa shape index (κ3) is 2.14. The lowest BCUT2D eigenvalue weighted by Crippen LogP contribution is -2.34. The number of nitrogens with zero attached hydrogens (tertiary/aromatic N) is 3. The van der Waals surface area contributed by atoms with Crippen LogP contribution in [0.15, 0.2) is 0 Å². The van der Waals surface area contributed by atoms with Gasteiger partial charge in [0.05, 0.1) is 24.0 Å². The summed E-state index contributed by atoms with van der Waals surface area (Å²) < 4.78 is 1.90. The zero-order valence-electron chi connectivity index (χ0n) is 10.7. The van der Waals surface area contributed by atoms with Crippen LogP contribution in [0.2, 0.25) is 0 Å². The Kier molecular flexibility index (Phi) is 3.80. The maximum atomic E-state index is 9.18. The van der Waals surface area contributed by atoms with E-state index in [1.807, 2.05) is 30.5 Å². The first-order valence-electron chi connectivity index (χ1n) is 5.58. The van der Waals surface area contributed by atoms with E-state index < -0.39 is 0 Å². The van der Waals surface area contributed by atoms with Crippen LogP contribution in [0.4, 0.5) is 11.5 Å². The molecule has 0 aliphatic heterocycles. The molecule has 0 saturated carbocycles. The summed E-state index contributed by atoms with van der Waals surface area (Å²) in [6, 6.07) is 0.273. The van der Waals surface area contributed by atoms with Crippen molar-refractivity contribution in [2.75, 3.05) is 24.3 Å². The molecule has 16 heavy (non-hydrogen) atoms. The number of aromatic nitrogens is 2. The van der Waals surface area contributed by atoms with Crippen LogP contribution in [0.1, 0.15) is 32.5 Å². The van der Waals surface area contributed by atoms with Crippen LogP contribution in [0, 0.1) is 6.92 Å². The SMILES string of the molecule is Cc1nn(C(C)C)c(N(C)C(C)CO)c1N. The lowest BCUT2D eigenvalue weighted by atomic mass is 10.3. The van der Waals surface area contributed by atoms with E-state index in [0.717, 1.165) is 11.5 Å². The Labute approximate surface area is 96.9 Å². The van der Waals surface area contributed by atoms with Crippen molar-refractivity contribution >= 4 is 11.5 Å². The molecule has 1 atom stereocenters. The fourth-order valence-corrected chi connectivity index (χ4v) is 1.59. The van der Waals surface area contributed by atoms with E-state index in [4.69, 9.17) is 5.73 Å². The number of rotatable bonds is 4. The number of aliphatic hydroxyl groups excluding tert-OH is 1. The molecular weight excluding hydrogens is 204 g/mol. The van der Waals surface area contributed by atoms with Crippen molar-refractivity contribution in [1.29, 1.82) is 0 Å². The normalized spacial score (nSPS) is 13.2. The molecule has 0 aromatic carbocycles. The minimum atomic E-state index is 0.0240. The van der Waals surface area contributed by atoms with Gasteiger partial charge in [-0.3, -0.25) is 0 Å². The maximum absolute atomic E-state index is 9.18. The molecule has 5 nitrogen and oxygen atoms in total. The monoisotopic (exact) mass is 226 g/mol. The van der Waals surface area contributed by atoms with Gasteiger partial charge in [0.2, 0.25) is 0 Å². The molecule has 0 aliphatic carbocycles. The number of nitrogens with two attached hydrogens (primary N) is 1. The van der Waals surface area contributed by atoms with Crippen molar-refractivity contribution in [2.45, 2.75) is 39.8 Å². The van der Waals surface area contributed by atoms with Gasteiger partial charge < -0.3 is 15.7 Å². The van der Waals surface area contributed by atoms with E-state index in [2.05, 4.69) is 18.9 Å². The second-order valence-corrected chi connectivity index (χ2v) is 4.50. The summed E-state index contributed by atoms with van der Waals surface area (Å²) in [4.78, 5) is 1.97. The van der Waals surface area contributed by atoms with Crippen LogP contribution in [0.3, 0.4) is 0 Å². The molecule has 3 N–H and O–H groups in total. The molecule has 1 unspecified atom stereocenters. The largest absolute Gasteiger partial charge is 0.394 e. The van der Waals surface area contributed by atoms with Crippen LogP contribution in [0.5, 0.6) is 0 Å². The Morgan fingerprint density at radius 2 is 2.00 bits per heavy atom. The average molecular weight is 226 g/mol. The summed E-state index contributed by atoms with van der Waals surface area (Å²) in [7, 11) is 1.92. The molecule has 0 aliphatic rings. The van der Waals surface area contributed by atoms with Gasteiger partial charge in [0.15, 0.2) is 5.82 Å². The van der Waals surface area contributed by atoms with E-state index >= 15 is 0 Å². The number of aryl methyl sites for hydroxylation is 1. The van der Waals surface area contributed by atoms with E-state index in [0.29, 0.717) is 5.69 Å². The fourth-order valence-electron chi connectivity index (χ4n) is 1.59. The van der Waals surface area contributed by atoms with Crippen molar-refractivity contribution in [3.63, 3.8) is 0 Å². The van der Waals surface area contributed by atoms with Gasteiger partial charge in [0, 0.05) is 13.1 Å². The summed E-state index contributed by atoms with van der Waals surface area (Å²) in [5, 5.41) is 13.6. The summed E-state index contributed by atoms with van der Waals surface area (Å²) >= 11 is 0. The van der Waals surface area contributed by atoms with Crippen molar-refractivity contribution < 1.29 is 5.11 Å². The third-order valence-corrected chi connectivity index (χ3v) is 2.85. The minimum Gasteiger partial charge on any atom is -0.394 e. The molecule has 1 aromatic rings. The van der Waals surface area contributed by atoms with Gasteiger partial charge >= 0.3 is 0 Å². The number of hydrogen-bond acceptors (Lipinski definition) is 4. The topological polar surface area (TPSA) is 67.3 Å². The Hall–Kier alpha value is -1.23. The van der Waals surface area contributed by atoms with Crippen LogP contribution in [-0.4, -0.2) is 34.6 Å². The number of likely N-dealkylation sites (N-methyl/N-ethyl adjacent to an activating group) is 1. The standard InChI is InChI=1S/C11H22N4O/c1-7(2)15-11(10(12)9(4)13-15)14(5)8(3)6-16/h7-8,16H,6,12H2,1-5H3. The van der Waals surface area contributed by atoms with Gasteiger partial charge in [-0.1, -0.05) is 0 Å². The van der Waals surface area contributed by atoms with Crippen molar-refractivity contribution in [3.05, 3.63) is 5.69 Å². The van der Waals surface area contributed by atoms with Crippen LogP contribution in [0.25, 0.3) is 0 Å². The Morgan fingerprint density at radius 3 is 2.44 bits per heavy atom. The van der Waals surface area contributed by atoms with E-state index in [-0.39, 0.29) is 18.7 Å². The predicted molar refractivity (Wildman–Crippen MR) is 66.7 cm³/mol. The fraction of sp³-hybridized carbons (Fsp3) is 0.727. The molecule has 1 heterocycles. The number of anilines is 2. The Bertz CT molecular complexity index is 359. The van der Waals surface area contributed by atoms with E-state index in [9.17, 15) is 5.11 Å². The van der Waals surface area contributed by atoms with E-state index in [1.165, 1.54) is 0 Å². The Balaban J connectivity index is 3.19. The summed E-state index contributed by atoms with van der Waals surface area (Å²) in [6.07, 6.45) is 0. The van der Waals surface area contributed by atoms with Gasteiger partial charge in [-0.15, -0.1) is 0 Å². The number of nitrogen functional groups attached to an aromatic ring is 1. The number of aliphatic hydroxyl groups is 1. The highest BCUT2D eigenvalue weighted by molar-refractivity contribution is 5.66. The minimum absolute atomic E-state index is 0.0240. The van der Waals surface area contributed by atoms with Gasteiger partial charge in [-0.05, 0) is 27.7 Å². The molecule has 0 amide bonds. The first kappa shape index (κ1) is 12.8. The van der Waals surface area contributed by atoms with Crippen molar-refractivity contribution in [2.24, 2.45) is 0 Å². The lowest BCUT2D eigenvalue weighted by molar-refractivity contribution is 0.269. The van der Waals surface area contributed by atoms with Crippen LogP contribution < -0.4 is 10.6 Å². The second kappa shape index (κ2) is 4.74. The zero-order chi connectivity index (χ0) is 12.5. The van der Waals surface area contributed by atoms with Crippen molar-refractivity contribution in [1.82, 2.24) is 9.78 Å². The average Bonchev–Trinajstić information content (AvgIpc) is 2.54. The quantitative estimate of drug-likeness (QED) is 0.808. The molecular formula is C11H22N4O. The van der Waals surface area contributed by atoms with Gasteiger partial charge in [-0.2, -0.15) is 5.10 Å². The highest BCUT2D eigenvalue weighted by Crippen LogP contribution is 2.29. The molecule has 1 rings (SSSR count). The molecule has 0 bridgehead atoms. The predicted octanol–water partition coefficient (Wildman–Crippen LogP) is 1.17. The summed E-state index contributed by atoms with van der Waals surface area (Å²) in [5.74, 6) is 0.883. The lowest BCUT2D eigenvalue weighted by Gasteiger charge is -2.27. The highest BCUT2D eigenvalue weighted by Gasteiger charge is 2.21. The van der Waals surface area contributed by atoms with E-state index in [1.54, 1.807) is 0 Å². The first-order valence-corrected chi connectivity index (χ1v) is 5.58. The zero-order valence-corrected chi connectivity index (χ0v) is 10.7. The number of hydrogen-bond donors (Lipinski definition) is 2. The summed E-state index contributed by atoms with van der Waals surface area (Å²) in [5.41, 5.74) is 7.55. The van der Waals surface area contributed by atoms with Crippen molar-refractivity contribution in [3.8, 4) is 0 Å². The molecule has 0 saturated heterocycles. The van der Waals surface area contributed by atoms with Gasteiger partial charge in [0.1, 0.15) is 0 Å². The Morgan fingerprint density at radius 1 is 1.44 bits per heavy atom. The first-order chi connectivity index (χ1) is 7.40. The highest BCUT2D eigenvalue weighted by atomic mass is 16.3. The molecule has 1 aromatic heterocycles. The third-order valence-electron chi connectivity index (χ3n) is 2.85. The van der Waals surface area contributed by atoms with Crippen LogP contribution >= 0.6 is 0 Å². The molecule has 5 heteroatoms. The molecule has 92 valence electrons. The molecule has 0 fully saturated rings. The van der Waals surface area contributed by atoms with Gasteiger partial charge in [-0.25, -0.2) is 4.68 Å². The smallest absolute Gasteiger partial charge is 0.150 e. The molecule has 0 radical (unpaired) electrons.